The van der Waals surface area contributed by atoms with Gasteiger partial charge < -0.3 is 29.6 Å². The molecule has 0 spiro atoms. The van der Waals surface area contributed by atoms with Crippen LogP contribution in [0.15, 0.2) is 21.5 Å². The van der Waals surface area contributed by atoms with Crippen LogP contribution in [-0.2, 0) is 15.1 Å². The van der Waals surface area contributed by atoms with Crippen molar-refractivity contribution in [3.8, 4) is 0 Å². The monoisotopic (exact) mass is 355 g/mol. The third kappa shape index (κ3) is 8.90. The van der Waals surface area contributed by atoms with Crippen molar-refractivity contribution in [2.24, 2.45) is 4.99 Å². The lowest BCUT2D eigenvalue weighted by Crippen LogP contribution is -2.39. The molecule has 0 aliphatic rings. The SMILES string of the molecule is CCNC(=NCC(C)(O)c1ccc(C)o1)NCCCCOCCOC. The Bertz CT molecular complexity index is 500. The van der Waals surface area contributed by atoms with Gasteiger partial charge in [0.1, 0.15) is 17.1 Å². The minimum Gasteiger partial charge on any atom is -0.463 e. The Labute approximate surface area is 150 Å². The summed E-state index contributed by atoms with van der Waals surface area (Å²) in [4.78, 5) is 4.47. The normalized spacial score (nSPS) is 14.4. The highest BCUT2D eigenvalue weighted by molar-refractivity contribution is 5.79. The zero-order valence-corrected chi connectivity index (χ0v) is 15.9. The second kappa shape index (κ2) is 11.9. The molecule has 25 heavy (non-hydrogen) atoms. The van der Waals surface area contributed by atoms with Crippen molar-refractivity contribution in [3.05, 3.63) is 23.7 Å². The molecule has 1 rings (SSSR count). The standard InChI is InChI=1S/C18H33N3O4/c1-5-19-17(20-10-6-7-11-24-13-12-23-4)21-14-18(3,22)16-9-8-15(2)25-16/h8-9,22H,5-7,10-14H2,1-4H3,(H2,19,20,21). The van der Waals surface area contributed by atoms with Crippen LogP contribution in [0, 0.1) is 6.92 Å². The molecule has 0 aliphatic heterocycles. The van der Waals surface area contributed by atoms with Crippen LogP contribution in [0.2, 0.25) is 0 Å². The highest BCUT2D eigenvalue weighted by Crippen LogP contribution is 2.22. The van der Waals surface area contributed by atoms with E-state index in [1.54, 1.807) is 20.1 Å². The molecule has 1 heterocycles. The minimum atomic E-state index is -1.13. The first-order chi connectivity index (χ1) is 12.0. The second-order valence-electron chi connectivity index (χ2n) is 6.12. The quantitative estimate of drug-likeness (QED) is 0.301. The maximum absolute atomic E-state index is 10.5. The van der Waals surface area contributed by atoms with Gasteiger partial charge in [0.2, 0.25) is 0 Å². The average molecular weight is 355 g/mol. The van der Waals surface area contributed by atoms with Crippen molar-refractivity contribution in [1.29, 1.82) is 0 Å². The molecule has 0 fully saturated rings. The van der Waals surface area contributed by atoms with Crippen molar-refractivity contribution in [3.63, 3.8) is 0 Å². The molecule has 1 aromatic heterocycles. The molecule has 7 nitrogen and oxygen atoms in total. The van der Waals surface area contributed by atoms with Crippen molar-refractivity contribution in [2.45, 2.75) is 39.2 Å². The van der Waals surface area contributed by atoms with Gasteiger partial charge in [0.15, 0.2) is 5.96 Å². The number of furan rings is 1. The number of hydrogen-bond acceptors (Lipinski definition) is 5. The van der Waals surface area contributed by atoms with Gasteiger partial charge in [-0.1, -0.05) is 0 Å². The van der Waals surface area contributed by atoms with E-state index < -0.39 is 5.60 Å². The largest absolute Gasteiger partial charge is 0.463 e. The van der Waals surface area contributed by atoms with E-state index in [2.05, 4.69) is 15.6 Å². The lowest BCUT2D eigenvalue weighted by molar-refractivity contribution is 0.0428. The van der Waals surface area contributed by atoms with E-state index in [1.165, 1.54) is 0 Å². The molecule has 0 saturated heterocycles. The molecule has 1 unspecified atom stereocenters. The number of rotatable bonds is 12. The zero-order chi connectivity index (χ0) is 18.5. The molecule has 1 aromatic rings. The molecule has 144 valence electrons. The lowest BCUT2D eigenvalue weighted by atomic mass is 10.0. The van der Waals surface area contributed by atoms with Crippen molar-refractivity contribution < 1.29 is 19.0 Å². The van der Waals surface area contributed by atoms with Gasteiger partial charge in [0, 0.05) is 26.8 Å². The predicted octanol–water partition coefficient (Wildman–Crippen LogP) is 1.79. The number of nitrogens with zero attached hydrogens (tertiary/aromatic N) is 1. The Morgan fingerprint density at radius 3 is 2.68 bits per heavy atom. The summed E-state index contributed by atoms with van der Waals surface area (Å²) in [6.45, 7) is 9.33. The molecular formula is C18H33N3O4. The number of nitrogens with one attached hydrogen (secondary N) is 2. The molecule has 0 aromatic carbocycles. The van der Waals surface area contributed by atoms with Crippen LogP contribution in [0.5, 0.6) is 0 Å². The number of aliphatic imine (C=N–C) groups is 1. The molecule has 1 atom stereocenters. The summed E-state index contributed by atoms with van der Waals surface area (Å²) in [5, 5.41) is 17.0. The molecule has 7 heteroatoms. The van der Waals surface area contributed by atoms with E-state index in [4.69, 9.17) is 13.9 Å². The summed E-state index contributed by atoms with van der Waals surface area (Å²) in [5.41, 5.74) is -1.13. The first-order valence-electron chi connectivity index (χ1n) is 8.87. The number of aryl methyl sites for hydroxylation is 1. The maximum Gasteiger partial charge on any atom is 0.191 e. The average Bonchev–Trinajstić information content (AvgIpc) is 3.02. The minimum absolute atomic E-state index is 0.218. The van der Waals surface area contributed by atoms with E-state index in [0.29, 0.717) is 24.9 Å². The third-order valence-corrected chi connectivity index (χ3v) is 3.60. The van der Waals surface area contributed by atoms with E-state index >= 15 is 0 Å². The number of guanidine groups is 1. The van der Waals surface area contributed by atoms with Gasteiger partial charge in [-0.3, -0.25) is 0 Å². The second-order valence-corrected chi connectivity index (χ2v) is 6.12. The van der Waals surface area contributed by atoms with Crippen molar-refractivity contribution >= 4 is 5.96 Å². The van der Waals surface area contributed by atoms with Gasteiger partial charge in [0.25, 0.3) is 0 Å². The number of methoxy groups -OCH3 is 1. The van der Waals surface area contributed by atoms with Crippen LogP contribution >= 0.6 is 0 Å². The smallest absolute Gasteiger partial charge is 0.191 e. The lowest BCUT2D eigenvalue weighted by Gasteiger charge is -2.19. The molecule has 0 bridgehead atoms. The number of hydrogen-bond donors (Lipinski definition) is 3. The fourth-order valence-electron chi connectivity index (χ4n) is 2.16. The summed E-state index contributed by atoms with van der Waals surface area (Å²) in [5.74, 6) is 1.99. The van der Waals surface area contributed by atoms with Gasteiger partial charge in [-0.15, -0.1) is 0 Å². The van der Waals surface area contributed by atoms with Crippen LogP contribution < -0.4 is 10.6 Å². The van der Waals surface area contributed by atoms with Crippen LogP contribution in [0.1, 0.15) is 38.2 Å². The fraction of sp³-hybridized carbons (Fsp3) is 0.722. The first-order valence-corrected chi connectivity index (χ1v) is 8.87. The Balaban J connectivity index is 2.35. The molecule has 0 aliphatic carbocycles. The number of unbranched alkanes of at least 4 members (excludes halogenated alkanes) is 1. The molecular weight excluding hydrogens is 322 g/mol. The summed E-state index contributed by atoms with van der Waals surface area (Å²) in [6, 6.07) is 3.63. The summed E-state index contributed by atoms with van der Waals surface area (Å²) >= 11 is 0. The molecule has 3 N–H and O–H groups in total. The number of aliphatic hydroxyl groups is 1. The summed E-state index contributed by atoms with van der Waals surface area (Å²) in [6.07, 6.45) is 1.95. The predicted molar refractivity (Wildman–Crippen MR) is 98.9 cm³/mol. The summed E-state index contributed by atoms with van der Waals surface area (Å²) < 4.78 is 15.9. The Morgan fingerprint density at radius 1 is 1.24 bits per heavy atom. The third-order valence-electron chi connectivity index (χ3n) is 3.60. The molecule has 0 saturated carbocycles. The Kier molecular flexibility index (Phi) is 10.2. The van der Waals surface area contributed by atoms with Gasteiger partial charge in [-0.2, -0.15) is 0 Å². The van der Waals surface area contributed by atoms with Crippen molar-refractivity contribution in [1.82, 2.24) is 10.6 Å². The van der Waals surface area contributed by atoms with E-state index in [-0.39, 0.29) is 6.54 Å². The molecule has 0 amide bonds. The van der Waals surface area contributed by atoms with E-state index in [0.717, 1.165) is 38.3 Å². The zero-order valence-electron chi connectivity index (χ0n) is 15.9. The van der Waals surface area contributed by atoms with Crippen LogP contribution in [-0.4, -0.2) is 57.6 Å². The van der Waals surface area contributed by atoms with Gasteiger partial charge in [0.05, 0.1) is 19.8 Å². The Hall–Kier alpha value is -1.57. The van der Waals surface area contributed by atoms with Crippen LogP contribution in [0.3, 0.4) is 0 Å². The fourth-order valence-corrected chi connectivity index (χ4v) is 2.16. The molecule has 0 radical (unpaired) electrons. The van der Waals surface area contributed by atoms with Crippen LogP contribution in [0.25, 0.3) is 0 Å². The maximum atomic E-state index is 10.5. The Morgan fingerprint density at radius 2 is 2.04 bits per heavy atom. The van der Waals surface area contributed by atoms with Crippen molar-refractivity contribution in [2.75, 3.05) is 46.6 Å². The van der Waals surface area contributed by atoms with E-state index in [1.807, 2.05) is 19.9 Å². The van der Waals surface area contributed by atoms with Gasteiger partial charge in [-0.25, -0.2) is 4.99 Å². The topological polar surface area (TPSA) is 88.3 Å². The number of ether oxygens (including phenoxy) is 2. The van der Waals surface area contributed by atoms with E-state index in [9.17, 15) is 5.11 Å². The first kappa shape index (κ1) is 21.5. The van der Waals surface area contributed by atoms with Crippen LogP contribution in [0.4, 0.5) is 0 Å². The summed E-state index contributed by atoms with van der Waals surface area (Å²) in [7, 11) is 1.67. The van der Waals surface area contributed by atoms with Gasteiger partial charge in [-0.05, 0) is 45.7 Å². The van der Waals surface area contributed by atoms with Gasteiger partial charge >= 0.3 is 0 Å². The highest BCUT2D eigenvalue weighted by atomic mass is 16.5. The highest BCUT2D eigenvalue weighted by Gasteiger charge is 2.26.